The summed E-state index contributed by atoms with van der Waals surface area (Å²) in [5, 5.41) is 5.37. The van der Waals surface area contributed by atoms with Crippen molar-refractivity contribution in [2.45, 2.75) is 33.6 Å². The molecule has 0 radical (unpaired) electrons. The maximum absolute atomic E-state index is 11.0. The van der Waals surface area contributed by atoms with Crippen molar-refractivity contribution < 1.29 is 19.1 Å². The van der Waals surface area contributed by atoms with Crippen LogP contribution in [0.5, 0.6) is 0 Å². The lowest BCUT2D eigenvalue weighted by Crippen LogP contribution is -2.35. The molecule has 6 nitrogen and oxygen atoms in total. The predicted octanol–water partition coefficient (Wildman–Crippen LogP) is 2.14. The highest BCUT2D eigenvalue weighted by molar-refractivity contribution is 5.67. The number of hydrogen-bond donors (Lipinski definition) is 2. The third-order valence-corrected chi connectivity index (χ3v) is 2.89. The summed E-state index contributed by atoms with van der Waals surface area (Å²) < 4.78 is 9.04. The predicted molar refractivity (Wildman–Crippen MR) is 73.0 cm³/mol. The molecule has 0 spiro atoms. The molecule has 0 saturated carbocycles. The number of hydrogen-bond acceptors (Lipinski definition) is 4. The van der Waals surface area contributed by atoms with E-state index in [-0.39, 0.29) is 5.41 Å². The molecule has 1 unspecified atom stereocenters. The van der Waals surface area contributed by atoms with Gasteiger partial charge in [-0.15, -0.1) is 0 Å². The number of methoxy groups -OCH3 is 2. The van der Waals surface area contributed by atoms with Gasteiger partial charge in [0, 0.05) is 13.1 Å². The molecule has 1 atom stereocenters. The highest BCUT2D eigenvalue weighted by Gasteiger charge is 2.22. The minimum Gasteiger partial charge on any atom is -0.453 e. The Bertz CT molecular complexity index is 292. The number of nitrogens with one attached hydrogen (secondary N) is 2. The van der Waals surface area contributed by atoms with Gasteiger partial charge in [-0.05, 0) is 24.2 Å². The molecule has 19 heavy (non-hydrogen) atoms. The van der Waals surface area contributed by atoms with Gasteiger partial charge in [0.2, 0.25) is 0 Å². The van der Waals surface area contributed by atoms with Gasteiger partial charge >= 0.3 is 12.2 Å². The maximum Gasteiger partial charge on any atom is 0.406 e. The molecule has 2 N–H and O–H groups in total. The maximum atomic E-state index is 11.0. The fourth-order valence-electron chi connectivity index (χ4n) is 1.99. The van der Waals surface area contributed by atoms with Gasteiger partial charge < -0.3 is 20.1 Å². The summed E-state index contributed by atoms with van der Waals surface area (Å²) >= 11 is 0. The summed E-state index contributed by atoms with van der Waals surface area (Å²) in [5.74, 6) is 0.437. The van der Waals surface area contributed by atoms with E-state index in [2.05, 4.69) is 40.9 Å². The van der Waals surface area contributed by atoms with Crippen molar-refractivity contribution in [1.82, 2.24) is 10.6 Å². The third kappa shape index (κ3) is 9.16. The van der Waals surface area contributed by atoms with Crippen LogP contribution in [0.25, 0.3) is 0 Å². The largest absolute Gasteiger partial charge is 0.453 e. The highest BCUT2D eigenvalue weighted by Crippen LogP contribution is 2.26. The third-order valence-electron chi connectivity index (χ3n) is 2.89. The minimum absolute atomic E-state index is 0.0150. The van der Waals surface area contributed by atoms with Crippen LogP contribution in [0, 0.1) is 11.3 Å². The summed E-state index contributed by atoms with van der Waals surface area (Å²) in [6.07, 6.45) is 1.00. The van der Waals surface area contributed by atoms with Gasteiger partial charge in [0.25, 0.3) is 0 Å². The van der Waals surface area contributed by atoms with E-state index in [0.717, 1.165) is 12.8 Å². The Morgan fingerprint density at radius 1 is 1.11 bits per heavy atom. The average molecular weight is 274 g/mol. The van der Waals surface area contributed by atoms with E-state index in [1.165, 1.54) is 14.2 Å². The summed E-state index contributed by atoms with van der Waals surface area (Å²) in [5.41, 5.74) is -0.0150. The number of ether oxygens (including phenoxy) is 2. The van der Waals surface area contributed by atoms with Crippen LogP contribution < -0.4 is 10.6 Å². The van der Waals surface area contributed by atoms with E-state index in [9.17, 15) is 9.59 Å². The molecule has 0 fully saturated rings. The van der Waals surface area contributed by atoms with E-state index in [1.807, 2.05) is 0 Å². The fraction of sp³-hybridized carbons (Fsp3) is 0.846. The summed E-state index contributed by atoms with van der Waals surface area (Å²) in [6, 6.07) is 0. The Morgan fingerprint density at radius 3 is 2.16 bits per heavy atom. The molecular weight excluding hydrogens is 248 g/mol. The first-order valence-corrected chi connectivity index (χ1v) is 6.44. The molecule has 6 heteroatoms. The first-order chi connectivity index (χ1) is 8.80. The lowest BCUT2D eigenvalue weighted by atomic mass is 9.82. The number of alkyl carbamates (subject to hydrolysis) is 2. The number of rotatable bonds is 7. The van der Waals surface area contributed by atoms with E-state index in [1.54, 1.807) is 0 Å². The van der Waals surface area contributed by atoms with Crippen LogP contribution in [0.3, 0.4) is 0 Å². The standard InChI is InChI=1S/C13H26N2O4/c1-10(6-7-14-11(16)18-4)8-13(2,3)9-15-12(17)19-5/h10H,6-9H2,1-5H3,(H,14,16)(H,15,17). The molecule has 0 heterocycles. The zero-order valence-corrected chi connectivity index (χ0v) is 12.5. The van der Waals surface area contributed by atoms with Crippen LogP contribution in [0.2, 0.25) is 0 Å². The van der Waals surface area contributed by atoms with Crippen molar-refractivity contribution in [3.63, 3.8) is 0 Å². The fourth-order valence-corrected chi connectivity index (χ4v) is 1.99. The molecule has 0 aliphatic rings. The Labute approximate surface area is 115 Å². The second-order valence-corrected chi connectivity index (χ2v) is 5.53. The lowest BCUT2D eigenvalue weighted by molar-refractivity contribution is 0.160. The number of amides is 2. The van der Waals surface area contributed by atoms with Gasteiger partial charge in [0.05, 0.1) is 14.2 Å². The molecule has 112 valence electrons. The molecule has 0 aromatic carbocycles. The van der Waals surface area contributed by atoms with Gasteiger partial charge in [-0.1, -0.05) is 20.8 Å². The monoisotopic (exact) mass is 274 g/mol. The number of carbonyl (C=O) groups is 2. The molecule has 0 aliphatic heterocycles. The van der Waals surface area contributed by atoms with E-state index >= 15 is 0 Å². The Morgan fingerprint density at radius 2 is 1.63 bits per heavy atom. The van der Waals surface area contributed by atoms with Gasteiger partial charge in [0.1, 0.15) is 0 Å². The van der Waals surface area contributed by atoms with E-state index in [0.29, 0.717) is 19.0 Å². The van der Waals surface area contributed by atoms with Crippen molar-refractivity contribution in [3.05, 3.63) is 0 Å². The highest BCUT2D eigenvalue weighted by atomic mass is 16.5. The van der Waals surface area contributed by atoms with Crippen LogP contribution >= 0.6 is 0 Å². The Balaban J connectivity index is 3.91. The van der Waals surface area contributed by atoms with Crippen molar-refractivity contribution in [2.75, 3.05) is 27.3 Å². The summed E-state index contributed by atoms with van der Waals surface area (Å²) in [7, 11) is 2.70. The molecule has 0 bridgehead atoms. The van der Waals surface area contributed by atoms with Gasteiger partial charge in [-0.2, -0.15) is 0 Å². The average Bonchev–Trinajstić information content (AvgIpc) is 2.35. The van der Waals surface area contributed by atoms with Crippen LogP contribution in [0.15, 0.2) is 0 Å². The zero-order valence-electron chi connectivity index (χ0n) is 12.5. The Hall–Kier alpha value is -1.46. The van der Waals surface area contributed by atoms with Crippen LogP contribution in [-0.2, 0) is 9.47 Å². The van der Waals surface area contributed by atoms with Crippen LogP contribution in [0.1, 0.15) is 33.6 Å². The molecule has 0 rings (SSSR count). The van der Waals surface area contributed by atoms with Gasteiger partial charge in [-0.25, -0.2) is 9.59 Å². The summed E-state index contributed by atoms with van der Waals surface area (Å²) in [4.78, 5) is 21.9. The molecule has 2 amide bonds. The molecular formula is C13H26N2O4. The van der Waals surface area contributed by atoms with Gasteiger partial charge in [-0.3, -0.25) is 0 Å². The zero-order chi connectivity index (χ0) is 14.9. The normalized spacial score (nSPS) is 12.5. The second kappa shape index (κ2) is 8.61. The van der Waals surface area contributed by atoms with Crippen LogP contribution in [-0.4, -0.2) is 39.5 Å². The topological polar surface area (TPSA) is 76.7 Å². The van der Waals surface area contributed by atoms with Crippen molar-refractivity contribution in [3.8, 4) is 0 Å². The second-order valence-electron chi connectivity index (χ2n) is 5.53. The van der Waals surface area contributed by atoms with E-state index < -0.39 is 12.2 Å². The van der Waals surface area contributed by atoms with Gasteiger partial charge in [0.15, 0.2) is 0 Å². The minimum atomic E-state index is -0.409. The number of carbonyl (C=O) groups excluding carboxylic acids is 2. The van der Waals surface area contributed by atoms with E-state index in [4.69, 9.17) is 0 Å². The molecule has 0 aliphatic carbocycles. The molecule has 0 saturated heterocycles. The van der Waals surface area contributed by atoms with Crippen molar-refractivity contribution >= 4 is 12.2 Å². The SMILES string of the molecule is COC(=O)NCCC(C)CC(C)(C)CNC(=O)OC. The molecule has 0 aromatic heterocycles. The first-order valence-electron chi connectivity index (χ1n) is 6.44. The Kier molecular flexibility index (Phi) is 7.95. The van der Waals surface area contributed by atoms with Crippen LogP contribution in [0.4, 0.5) is 9.59 Å². The smallest absolute Gasteiger partial charge is 0.406 e. The quantitative estimate of drug-likeness (QED) is 0.745. The van der Waals surface area contributed by atoms with Crippen molar-refractivity contribution in [1.29, 1.82) is 0 Å². The molecule has 0 aromatic rings. The first kappa shape index (κ1) is 17.5. The summed E-state index contributed by atoms with van der Waals surface area (Å²) in [6.45, 7) is 7.46. The lowest BCUT2D eigenvalue weighted by Gasteiger charge is -2.28. The van der Waals surface area contributed by atoms with Crippen molar-refractivity contribution in [2.24, 2.45) is 11.3 Å².